The van der Waals surface area contributed by atoms with E-state index in [1.54, 1.807) is 0 Å². The van der Waals surface area contributed by atoms with Crippen LogP contribution >= 0.6 is 15.9 Å². The van der Waals surface area contributed by atoms with Crippen LogP contribution < -0.4 is 4.74 Å². The molecule has 1 unspecified atom stereocenters. The van der Waals surface area contributed by atoms with Gasteiger partial charge in [-0.3, -0.25) is 0 Å². The monoisotopic (exact) mass is 354 g/mol. The standard InChI is InChI=1S/C19H31BrO/c1-18(2,3)13-11-15(19(4,5)6)12-14-21-17-10-8-7-9-16(17)20/h7-10,15H,11-14H2,1-6H3. The maximum atomic E-state index is 5.95. The second kappa shape index (κ2) is 7.67. The Hall–Kier alpha value is -0.500. The van der Waals surface area contributed by atoms with Crippen molar-refractivity contribution in [2.45, 2.75) is 60.8 Å². The third-order valence-corrected chi connectivity index (χ3v) is 4.68. The lowest BCUT2D eigenvalue weighted by molar-refractivity contribution is 0.156. The first-order valence-electron chi connectivity index (χ1n) is 7.97. The van der Waals surface area contributed by atoms with Gasteiger partial charge in [-0.2, -0.15) is 0 Å². The van der Waals surface area contributed by atoms with E-state index in [0.717, 1.165) is 23.2 Å². The molecule has 0 bridgehead atoms. The molecule has 21 heavy (non-hydrogen) atoms. The first-order valence-corrected chi connectivity index (χ1v) is 8.76. The fourth-order valence-electron chi connectivity index (χ4n) is 2.49. The maximum absolute atomic E-state index is 5.95. The van der Waals surface area contributed by atoms with Crippen molar-refractivity contribution >= 4 is 15.9 Å². The van der Waals surface area contributed by atoms with Gasteiger partial charge < -0.3 is 4.74 Å². The highest BCUT2D eigenvalue weighted by Crippen LogP contribution is 2.36. The molecule has 0 spiro atoms. The normalized spacial score (nSPS) is 14.0. The summed E-state index contributed by atoms with van der Waals surface area (Å²) in [4.78, 5) is 0. The van der Waals surface area contributed by atoms with E-state index in [-0.39, 0.29) is 0 Å². The SMILES string of the molecule is CC(C)(C)CCC(CCOc1ccccc1Br)C(C)(C)C. The van der Waals surface area contributed by atoms with Gasteiger partial charge in [-0.05, 0) is 64.1 Å². The molecule has 1 rings (SSSR count). The van der Waals surface area contributed by atoms with Crippen LogP contribution in [0.3, 0.4) is 0 Å². The summed E-state index contributed by atoms with van der Waals surface area (Å²) in [6, 6.07) is 8.07. The summed E-state index contributed by atoms with van der Waals surface area (Å²) in [5.41, 5.74) is 0.745. The summed E-state index contributed by atoms with van der Waals surface area (Å²) in [7, 11) is 0. The molecule has 0 radical (unpaired) electrons. The highest BCUT2D eigenvalue weighted by Gasteiger charge is 2.26. The van der Waals surface area contributed by atoms with Crippen LogP contribution in [-0.4, -0.2) is 6.61 Å². The first-order chi connectivity index (χ1) is 9.59. The lowest BCUT2D eigenvalue weighted by Crippen LogP contribution is -2.24. The summed E-state index contributed by atoms with van der Waals surface area (Å²) < 4.78 is 6.98. The molecule has 120 valence electrons. The van der Waals surface area contributed by atoms with E-state index >= 15 is 0 Å². The van der Waals surface area contributed by atoms with Crippen molar-refractivity contribution in [3.05, 3.63) is 28.7 Å². The third kappa shape index (κ3) is 7.35. The minimum atomic E-state index is 0.336. The second-order valence-electron chi connectivity index (χ2n) is 8.23. The fraction of sp³-hybridized carbons (Fsp3) is 0.684. The molecule has 1 aromatic rings. The smallest absolute Gasteiger partial charge is 0.133 e. The van der Waals surface area contributed by atoms with Crippen molar-refractivity contribution in [2.75, 3.05) is 6.61 Å². The zero-order chi connectivity index (χ0) is 16.1. The largest absolute Gasteiger partial charge is 0.492 e. The van der Waals surface area contributed by atoms with Crippen molar-refractivity contribution in [1.82, 2.24) is 0 Å². The fourth-order valence-corrected chi connectivity index (χ4v) is 2.89. The molecule has 0 amide bonds. The maximum Gasteiger partial charge on any atom is 0.133 e. The van der Waals surface area contributed by atoms with E-state index in [0.29, 0.717) is 16.7 Å². The van der Waals surface area contributed by atoms with Gasteiger partial charge in [-0.15, -0.1) is 0 Å². The summed E-state index contributed by atoms with van der Waals surface area (Å²) >= 11 is 3.53. The van der Waals surface area contributed by atoms with Gasteiger partial charge in [0.15, 0.2) is 0 Å². The minimum Gasteiger partial charge on any atom is -0.492 e. The number of ether oxygens (including phenoxy) is 1. The molecule has 0 saturated heterocycles. The number of hydrogen-bond donors (Lipinski definition) is 0. The molecule has 1 atom stereocenters. The molecule has 0 fully saturated rings. The van der Waals surface area contributed by atoms with Gasteiger partial charge in [0.1, 0.15) is 5.75 Å². The quantitative estimate of drug-likeness (QED) is 0.551. The van der Waals surface area contributed by atoms with Crippen molar-refractivity contribution in [3.63, 3.8) is 0 Å². The molecular weight excluding hydrogens is 324 g/mol. The Morgan fingerprint density at radius 2 is 1.62 bits per heavy atom. The molecule has 0 heterocycles. The third-order valence-electron chi connectivity index (χ3n) is 4.03. The van der Waals surface area contributed by atoms with E-state index in [1.807, 2.05) is 24.3 Å². The number of benzene rings is 1. The summed E-state index contributed by atoms with van der Waals surface area (Å²) in [6.45, 7) is 14.8. The van der Waals surface area contributed by atoms with Gasteiger partial charge in [0.2, 0.25) is 0 Å². The molecule has 1 nitrogen and oxygen atoms in total. The Morgan fingerprint density at radius 3 is 2.14 bits per heavy atom. The molecule has 0 aliphatic heterocycles. The van der Waals surface area contributed by atoms with Gasteiger partial charge in [0, 0.05) is 0 Å². The van der Waals surface area contributed by atoms with E-state index in [9.17, 15) is 0 Å². The number of halogens is 1. The van der Waals surface area contributed by atoms with Gasteiger partial charge in [-0.25, -0.2) is 0 Å². The Labute approximate surface area is 139 Å². The molecular formula is C19H31BrO. The van der Waals surface area contributed by atoms with Crippen LogP contribution in [-0.2, 0) is 0 Å². The second-order valence-corrected chi connectivity index (χ2v) is 9.08. The van der Waals surface area contributed by atoms with Gasteiger partial charge in [0.25, 0.3) is 0 Å². The lowest BCUT2D eigenvalue weighted by atomic mass is 9.74. The number of rotatable bonds is 6. The van der Waals surface area contributed by atoms with Crippen LogP contribution in [0, 0.1) is 16.7 Å². The molecule has 0 aliphatic carbocycles. The summed E-state index contributed by atoms with van der Waals surface area (Å²) in [6.07, 6.45) is 3.65. The van der Waals surface area contributed by atoms with Gasteiger partial charge in [0.05, 0.1) is 11.1 Å². The zero-order valence-corrected chi connectivity index (χ0v) is 16.1. The van der Waals surface area contributed by atoms with Crippen molar-refractivity contribution in [3.8, 4) is 5.75 Å². The average Bonchev–Trinajstić information content (AvgIpc) is 2.32. The molecule has 0 aliphatic rings. The van der Waals surface area contributed by atoms with E-state index in [1.165, 1.54) is 12.8 Å². The summed E-state index contributed by atoms with van der Waals surface area (Å²) in [5.74, 6) is 1.64. The number of hydrogen-bond acceptors (Lipinski definition) is 1. The highest BCUT2D eigenvalue weighted by molar-refractivity contribution is 9.10. The van der Waals surface area contributed by atoms with Crippen LogP contribution in [0.4, 0.5) is 0 Å². The van der Waals surface area contributed by atoms with Crippen molar-refractivity contribution in [1.29, 1.82) is 0 Å². The van der Waals surface area contributed by atoms with Crippen LogP contribution in [0.1, 0.15) is 60.8 Å². The van der Waals surface area contributed by atoms with Gasteiger partial charge >= 0.3 is 0 Å². The Kier molecular flexibility index (Phi) is 6.77. The molecule has 1 aromatic carbocycles. The molecule has 2 heteroatoms. The topological polar surface area (TPSA) is 9.23 Å². The average molecular weight is 355 g/mol. The zero-order valence-electron chi connectivity index (χ0n) is 14.5. The molecule has 0 aromatic heterocycles. The Bertz CT molecular complexity index is 426. The van der Waals surface area contributed by atoms with Crippen LogP contribution in [0.5, 0.6) is 5.75 Å². The summed E-state index contributed by atoms with van der Waals surface area (Å²) in [5, 5.41) is 0. The number of para-hydroxylation sites is 1. The van der Waals surface area contributed by atoms with E-state index < -0.39 is 0 Å². The highest BCUT2D eigenvalue weighted by atomic mass is 79.9. The van der Waals surface area contributed by atoms with Crippen LogP contribution in [0.25, 0.3) is 0 Å². The van der Waals surface area contributed by atoms with Crippen molar-refractivity contribution in [2.24, 2.45) is 16.7 Å². The van der Waals surface area contributed by atoms with Crippen molar-refractivity contribution < 1.29 is 4.74 Å². The first kappa shape index (κ1) is 18.5. The van der Waals surface area contributed by atoms with Gasteiger partial charge in [-0.1, -0.05) is 53.7 Å². The van der Waals surface area contributed by atoms with Crippen LogP contribution in [0.15, 0.2) is 28.7 Å². The minimum absolute atomic E-state index is 0.336. The molecule has 0 saturated carbocycles. The van der Waals surface area contributed by atoms with E-state index in [2.05, 4.69) is 57.5 Å². The predicted octanol–water partition coefficient (Wildman–Crippen LogP) is 6.71. The molecule has 0 N–H and O–H groups in total. The Morgan fingerprint density at radius 1 is 1.00 bits per heavy atom. The van der Waals surface area contributed by atoms with E-state index in [4.69, 9.17) is 4.74 Å². The Balaban J connectivity index is 2.52. The van der Waals surface area contributed by atoms with Crippen LogP contribution in [0.2, 0.25) is 0 Å². The predicted molar refractivity (Wildman–Crippen MR) is 95.9 cm³/mol. The lowest BCUT2D eigenvalue weighted by Gasteiger charge is -2.33.